The third kappa shape index (κ3) is 1.78. The minimum Gasteiger partial charge on any atom is -0.455 e. The van der Waals surface area contributed by atoms with Crippen molar-refractivity contribution in [3.8, 4) is 0 Å². The lowest BCUT2D eigenvalue weighted by molar-refractivity contribution is -0.230. The number of ether oxygens (including phenoxy) is 5. The number of rotatable bonds is 3. The third-order valence-corrected chi connectivity index (χ3v) is 5.27. The Morgan fingerprint density at radius 3 is 2.50 bits per heavy atom. The van der Waals surface area contributed by atoms with Gasteiger partial charge in [-0.25, -0.2) is 4.79 Å². The van der Waals surface area contributed by atoms with Gasteiger partial charge in [-0.1, -0.05) is 0 Å². The molecule has 4 fully saturated rings. The first-order valence-corrected chi connectivity index (χ1v) is 8.23. The molecule has 4 heterocycles. The van der Waals surface area contributed by atoms with Gasteiger partial charge in [-0.05, 0) is 0 Å². The van der Waals surface area contributed by atoms with Crippen molar-refractivity contribution in [2.75, 3.05) is 13.2 Å². The summed E-state index contributed by atoms with van der Waals surface area (Å²) >= 11 is 0. The van der Waals surface area contributed by atoms with Crippen molar-refractivity contribution in [2.45, 2.75) is 35.5 Å². The van der Waals surface area contributed by atoms with Gasteiger partial charge in [0.15, 0.2) is 18.3 Å². The molecule has 5 unspecified atom stereocenters. The van der Waals surface area contributed by atoms with Crippen molar-refractivity contribution in [2.24, 2.45) is 5.92 Å². The van der Waals surface area contributed by atoms with Gasteiger partial charge < -0.3 is 23.7 Å². The first kappa shape index (κ1) is 16.1. The van der Waals surface area contributed by atoms with E-state index < -0.39 is 63.4 Å². The lowest BCUT2D eigenvalue weighted by atomic mass is 9.82. The molecular formula is C11H10F2O10S. The fourth-order valence-corrected chi connectivity index (χ4v) is 3.79. The highest BCUT2D eigenvalue weighted by molar-refractivity contribution is 7.87. The fourth-order valence-electron chi connectivity index (χ4n) is 3.54. The van der Waals surface area contributed by atoms with Crippen LogP contribution in [0.25, 0.3) is 0 Å². The molecule has 0 aromatic heterocycles. The average molecular weight is 372 g/mol. The van der Waals surface area contributed by atoms with Crippen molar-refractivity contribution < 1.29 is 55.0 Å². The smallest absolute Gasteiger partial charge is 0.455 e. The van der Waals surface area contributed by atoms with Crippen LogP contribution in [0.5, 0.6) is 0 Å². The lowest BCUT2D eigenvalue weighted by Gasteiger charge is -2.35. The summed E-state index contributed by atoms with van der Waals surface area (Å²) in [7, 11) is -6.03. The molecule has 0 aromatic rings. The summed E-state index contributed by atoms with van der Waals surface area (Å²) in [5, 5.41) is -5.18. The molecule has 4 aliphatic heterocycles. The molecule has 24 heavy (non-hydrogen) atoms. The van der Waals surface area contributed by atoms with Gasteiger partial charge in [0.2, 0.25) is 5.79 Å². The Kier molecular flexibility index (Phi) is 3.08. The topological polar surface area (TPSA) is 135 Å². The van der Waals surface area contributed by atoms with Gasteiger partial charge in [-0.2, -0.15) is 17.2 Å². The van der Waals surface area contributed by atoms with Crippen molar-refractivity contribution >= 4 is 22.1 Å². The van der Waals surface area contributed by atoms with Crippen LogP contribution in [0.2, 0.25) is 0 Å². The van der Waals surface area contributed by atoms with E-state index in [0.717, 1.165) is 0 Å². The molecule has 1 N–H and O–H groups in total. The highest BCUT2D eigenvalue weighted by atomic mass is 32.2. The first-order chi connectivity index (χ1) is 11.1. The van der Waals surface area contributed by atoms with Gasteiger partial charge in [0.1, 0.15) is 12.0 Å². The zero-order chi connectivity index (χ0) is 17.5. The molecule has 10 nitrogen and oxygen atoms in total. The monoisotopic (exact) mass is 372 g/mol. The Morgan fingerprint density at radius 2 is 1.92 bits per heavy atom. The highest BCUT2D eigenvalue weighted by Gasteiger charge is 2.79. The molecule has 0 saturated carbocycles. The van der Waals surface area contributed by atoms with Crippen LogP contribution in [0.4, 0.5) is 8.78 Å². The minimum atomic E-state index is -6.03. The second-order valence-electron chi connectivity index (χ2n) is 5.68. The number of fused-ring (bicyclic) bond motifs is 3. The normalized spacial score (nSPS) is 39.5. The Bertz CT molecular complexity index is 714. The van der Waals surface area contributed by atoms with Gasteiger partial charge in [0, 0.05) is 0 Å². The molecule has 2 bridgehead atoms. The Morgan fingerprint density at radius 1 is 1.29 bits per heavy atom. The molecule has 0 radical (unpaired) electrons. The number of carbonyl (C=O) groups excluding carboxylic acids is 2. The molecule has 134 valence electrons. The quantitative estimate of drug-likeness (QED) is 0.458. The van der Waals surface area contributed by atoms with Crippen LogP contribution in [0.3, 0.4) is 0 Å². The molecule has 13 heteroatoms. The van der Waals surface area contributed by atoms with Gasteiger partial charge in [-0.15, -0.1) is 0 Å². The van der Waals surface area contributed by atoms with Crippen molar-refractivity contribution in [1.29, 1.82) is 0 Å². The number of alkyl halides is 2. The second-order valence-corrected chi connectivity index (χ2v) is 7.14. The van der Waals surface area contributed by atoms with Gasteiger partial charge in [-0.3, -0.25) is 9.35 Å². The molecule has 0 aliphatic carbocycles. The van der Waals surface area contributed by atoms with E-state index >= 15 is 0 Å². The van der Waals surface area contributed by atoms with Gasteiger partial charge in [0.25, 0.3) is 0 Å². The summed E-state index contributed by atoms with van der Waals surface area (Å²) in [6.45, 7) is 0.200. The van der Waals surface area contributed by atoms with E-state index in [4.69, 9.17) is 23.5 Å². The number of hydrogen-bond donors (Lipinski definition) is 1. The van der Waals surface area contributed by atoms with Crippen LogP contribution in [0.15, 0.2) is 0 Å². The van der Waals surface area contributed by atoms with Crippen molar-refractivity contribution in [3.05, 3.63) is 0 Å². The number of halogens is 2. The van der Waals surface area contributed by atoms with Crippen LogP contribution in [0, 0.1) is 5.92 Å². The summed E-state index contributed by atoms with van der Waals surface area (Å²) < 4.78 is 82.2. The molecule has 4 aliphatic rings. The van der Waals surface area contributed by atoms with Crippen molar-refractivity contribution in [1.82, 2.24) is 0 Å². The molecule has 4 saturated heterocycles. The maximum atomic E-state index is 13.4. The fraction of sp³-hybridized carbons (Fsp3) is 0.818. The van der Waals surface area contributed by atoms with Gasteiger partial charge >= 0.3 is 27.3 Å². The minimum absolute atomic E-state index is 0.100. The molecule has 4 rings (SSSR count). The van der Waals surface area contributed by atoms with Crippen LogP contribution in [0.1, 0.15) is 0 Å². The Hall–Kier alpha value is -1.41. The number of esters is 2. The maximum absolute atomic E-state index is 13.4. The zero-order valence-electron chi connectivity index (χ0n) is 11.6. The van der Waals surface area contributed by atoms with E-state index in [1.54, 1.807) is 0 Å². The van der Waals surface area contributed by atoms with E-state index in [-0.39, 0.29) is 13.2 Å². The van der Waals surface area contributed by atoms with E-state index in [2.05, 4.69) is 4.74 Å². The summed E-state index contributed by atoms with van der Waals surface area (Å²) in [6, 6.07) is 0. The molecule has 5 atom stereocenters. The van der Waals surface area contributed by atoms with Crippen LogP contribution in [-0.4, -0.2) is 73.6 Å². The Labute approximate surface area is 132 Å². The standard InChI is InChI=1S/C11H10F2O10S/c12-11(13,24(16,17)18)9(15)23-6-5-4-3(8(14)22-5)10(7(6)21-4)19-1-2-20-10/h3-7H,1-2H2,(H,16,17,18). The van der Waals surface area contributed by atoms with Crippen LogP contribution in [-0.2, 0) is 43.4 Å². The molecule has 0 aromatic carbocycles. The summed E-state index contributed by atoms with van der Waals surface area (Å²) in [4.78, 5) is 23.5. The molecule has 0 amide bonds. The SMILES string of the molecule is O=C1OC2C(OC(=O)C(F)(F)S(=O)(=O)O)C3OC2C1C31OCCO1. The predicted molar refractivity (Wildman–Crippen MR) is 63.0 cm³/mol. The third-order valence-electron chi connectivity index (χ3n) is 4.46. The van der Waals surface area contributed by atoms with E-state index in [1.165, 1.54) is 0 Å². The first-order valence-electron chi connectivity index (χ1n) is 6.79. The highest BCUT2D eigenvalue weighted by Crippen LogP contribution is 2.56. The lowest BCUT2D eigenvalue weighted by Crippen LogP contribution is -2.58. The maximum Gasteiger partial charge on any atom is 0.465 e. The van der Waals surface area contributed by atoms with E-state index in [9.17, 15) is 26.8 Å². The van der Waals surface area contributed by atoms with Crippen molar-refractivity contribution in [3.63, 3.8) is 0 Å². The van der Waals surface area contributed by atoms with Crippen LogP contribution < -0.4 is 0 Å². The second kappa shape index (κ2) is 4.60. The summed E-state index contributed by atoms with van der Waals surface area (Å²) in [5.74, 6) is -5.85. The zero-order valence-corrected chi connectivity index (χ0v) is 12.4. The van der Waals surface area contributed by atoms with E-state index in [0.29, 0.717) is 0 Å². The Balaban J connectivity index is 1.64. The largest absolute Gasteiger partial charge is 0.465 e. The average Bonchev–Trinajstić information content (AvgIpc) is 3.17. The predicted octanol–water partition coefficient (Wildman–Crippen LogP) is -1.56. The van der Waals surface area contributed by atoms with E-state index in [1.807, 2.05) is 0 Å². The summed E-state index contributed by atoms with van der Waals surface area (Å²) in [5.41, 5.74) is 0. The molecular weight excluding hydrogens is 362 g/mol. The summed E-state index contributed by atoms with van der Waals surface area (Å²) in [6.07, 6.45) is -4.92. The van der Waals surface area contributed by atoms with Gasteiger partial charge in [0.05, 0.1) is 13.2 Å². The number of hydrogen-bond acceptors (Lipinski definition) is 9. The number of carbonyl (C=O) groups is 2. The molecule has 1 spiro atoms. The van der Waals surface area contributed by atoms with Crippen LogP contribution >= 0.6 is 0 Å².